The topological polar surface area (TPSA) is 51.6 Å². The minimum Gasteiger partial charge on any atom is -0.233 e. The van der Waals surface area contributed by atoms with E-state index in [1.165, 1.54) is 11.1 Å². The lowest BCUT2D eigenvalue weighted by Crippen LogP contribution is -1.97. The van der Waals surface area contributed by atoms with Crippen molar-refractivity contribution in [1.82, 2.24) is 19.9 Å². The molecule has 0 aliphatic rings. The van der Waals surface area contributed by atoms with Crippen molar-refractivity contribution in [2.24, 2.45) is 0 Å². The molecular weight excluding hydrogens is 416 g/mol. The van der Waals surface area contributed by atoms with Crippen LogP contribution < -0.4 is 0 Å². The van der Waals surface area contributed by atoms with Gasteiger partial charge in [-0.05, 0) is 52.0 Å². The highest BCUT2D eigenvalue weighted by Gasteiger charge is 2.12. The van der Waals surface area contributed by atoms with E-state index in [0.717, 1.165) is 56.7 Å². The van der Waals surface area contributed by atoms with E-state index in [9.17, 15) is 0 Å². The van der Waals surface area contributed by atoms with E-state index in [0.29, 0.717) is 0 Å². The van der Waals surface area contributed by atoms with Gasteiger partial charge in [-0.1, -0.05) is 71.8 Å². The highest BCUT2D eigenvalue weighted by atomic mass is 14.9. The SMILES string of the molecule is Cc1cccc(-c2cc(-c3ccc(-c4nc(C)cc(C)n4)cc3)nc(-c3cccc(C)c3)n2)c1. The molecule has 2 heterocycles. The van der Waals surface area contributed by atoms with Gasteiger partial charge in [-0.25, -0.2) is 19.9 Å². The Morgan fingerprint density at radius 1 is 0.412 bits per heavy atom. The lowest BCUT2D eigenvalue weighted by atomic mass is 10.0. The summed E-state index contributed by atoms with van der Waals surface area (Å²) in [5, 5.41) is 0. The van der Waals surface area contributed by atoms with Crippen molar-refractivity contribution < 1.29 is 0 Å². The lowest BCUT2D eigenvalue weighted by Gasteiger charge is -2.11. The number of nitrogens with zero attached hydrogens (tertiary/aromatic N) is 4. The minimum atomic E-state index is 0.722. The molecule has 4 nitrogen and oxygen atoms in total. The van der Waals surface area contributed by atoms with Gasteiger partial charge in [0.05, 0.1) is 11.4 Å². The van der Waals surface area contributed by atoms with Crippen molar-refractivity contribution in [2.45, 2.75) is 27.7 Å². The van der Waals surface area contributed by atoms with E-state index in [1.54, 1.807) is 0 Å². The molecule has 0 saturated carbocycles. The zero-order valence-electron chi connectivity index (χ0n) is 19.9. The first-order valence-electron chi connectivity index (χ1n) is 11.4. The zero-order chi connectivity index (χ0) is 23.7. The Balaban J connectivity index is 1.61. The first kappa shape index (κ1) is 21.7. The van der Waals surface area contributed by atoms with Crippen molar-refractivity contribution in [2.75, 3.05) is 0 Å². The van der Waals surface area contributed by atoms with Crippen molar-refractivity contribution in [1.29, 1.82) is 0 Å². The zero-order valence-corrected chi connectivity index (χ0v) is 19.9. The van der Waals surface area contributed by atoms with Crippen molar-refractivity contribution in [3.8, 4) is 45.3 Å². The van der Waals surface area contributed by atoms with Crippen LogP contribution in [0.3, 0.4) is 0 Å². The summed E-state index contributed by atoms with van der Waals surface area (Å²) in [5.74, 6) is 1.46. The summed E-state index contributed by atoms with van der Waals surface area (Å²) in [6.45, 7) is 8.17. The summed E-state index contributed by atoms with van der Waals surface area (Å²) in [6.07, 6.45) is 0. The van der Waals surface area contributed by atoms with Gasteiger partial charge in [0.2, 0.25) is 0 Å². The molecule has 0 bridgehead atoms. The fourth-order valence-electron chi connectivity index (χ4n) is 4.11. The summed E-state index contributed by atoms with van der Waals surface area (Å²) < 4.78 is 0. The fourth-order valence-corrected chi connectivity index (χ4v) is 4.11. The van der Waals surface area contributed by atoms with Crippen LogP contribution in [0.2, 0.25) is 0 Å². The molecule has 166 valence electrons. The van der Waals surface area contributed by atoms with Crippen LogP contribution in [0.5, 0.6) is 0 Å². The number of aryl methyl sites for hydroxylation is 4. The number of hydrogen-bond acceptors (Lipinski definition) is 4. The maximum atomic E-state index is 4.95. The Morgan fingerprint density at radius 2 is 0.912 bits per heavy atom. The second-order valence-electron chi connectivity index (χ2n) is 8.75. The van der Waals surface area contributed by atoms with E-state index >= 15 is 0 Å². The molecule has 0 spiro atoms. The van der Waals surface area contributed by atoms with Gasteiger partial charge in [-0.15, -0.1) is 0 Å². The van der Waals surface area contributed by atoms with Gasteiger partial charge in [0, 0.05) is 33.6 Å². The Kier molecular flexibility index (Phi) is 5.72. The monoisotopic (exact) mass is 442 g/mol. The molecule has 0 radical (unpaired) electrons. The molecule has 3 aromatic carbocycles. The summed E-state index contributed by atoms with van der Waals surface area (Å²) in [4.78, 5) is 19.1. The Bertz CT molecular complexity index is 1400. The Morgan fingerprint density at radius 3 is 1.53 bits per heavy atom. The van der Waals surface area contributed by atoms with Crippen molar-refractivity contribution in [3.05, 3.63) is 107 Å². The average molecular weight is 443 g/mol. The van der Waals surface area contributed by atoms with Crippen LogP contribution in [0.1, 0.15) is 22.5 Å². The van der Waals surface area contributed by atoms with Crippen LogP contribution in [-0.4, -0.2) is 19.9 Å². The normalized spacial score (nSPS) is 10.9. The predicted octanol–water partition coefficient (Wildman–Crippen LogP) is 7.17. The molecule has 2 aromatic heterocycles. The van der Waals surface area contributed by atoms with E-state index < -0.39 is 0 Å². The molecule has 0 unspecified atom stereocenters. The number of hydrogen-bond donors (Lipinski definition) is 0. The molecule has 34 heavy (non-hydrogen) atoms. The summed E-state index contributed by atoms with van der Waals surface area (Å²) >= 11 is 0. The quantitative estimate of drug-likeness (QED) is 0.296. The minimum absolute atomic E-state index is 0.722. The molecule has 4 heteroatoms. The predicted molar refractivity (Wildman–Crippen MR) is 138 cm³/mol. The fraction of sp³-hybridized carbons (Fsp3) is 0.133. The third-order valence-electron chi connectivity index (χ3n) is 5.74. The van der Waals surface area contributed by atoms with Gasteiger partial charge in [-0.2, -0.15) is 0 Å². The molecule has 0 N–H and O–H groups in total. The maximum Gasteiger partial charge on any atom is 0.160 e. The van der Waals surface area contributed by atoms with Crippen molar-refractivity contribution >= 4 is 0 Å². The summed E-state index contributed by atoms with van der Waals surface area (Å²) in [6, 6.07) is 29.1. The largest absolute Gasteiger partial charge is 0.233 e. The number of rotatable bonds is 4. The molecular formula is C30H26N4. The van der Waals surface area contributed by atoms with E-state index in [1.807, 2.05) is 26.0 Å². The number of aromatic nitrogens is 4. The first-order chi connectivity index (χ1) is 16.4. The molecule has 5 rings (SSSR count). The Labute approximate surface area is 200 Å². The van der Waals surface area contributed by atoms with Gasteiger partial charge < -0.3 is 0 Å². The first-order valence-corrected chi connectivity index (χ1v) is 11.4. The van der Waals surface area contributed by atoms with Crippen LogP contribution in [0, 0.1) is 27.7 Å². The lowest BCUT2D eigenvalue weighted by molar-refractivity contribution is 1.06. The highest BCUT2D eigenvalue weighted by molar-refractivity contribution is 5.73. The molecule has 0 aliphatic heterocycles. The molecule has 0 amide bonds. The van der Waals surface area contributed by atoms with E-state index in [2.05, 4.69) is 96.6 Å². The standard InChI is InChI=1S/C30H26N4/c1-19-7-5-9-25(15-19)28-18-27(33-30(34-28)26-10-6-8-20(2)16-26)23-11-13-24(14-12-23)29-31-21(3)17-22(4)32-29/h5-18H,1-4H3. The molecule has 0 saturated heterocycles. The van der Waals surface area contributed by atoms with Crippen LogP contribution in [-0.2, 0) is 0 Å². The van der Waals surface area contributed by atoms with Gasteiger partial charge in [0.25, 0.3) is 0 Å². The second-order valence-corrected chi connectivity index (χ2v) is 8.75. The van der Waals surface area contributed by atoms with E-state index in [-0.39, 0.29) is 0 Å². The van der Waals surface area contributed by atoms with Crippen LogP contribution >= 0.6 is 0 Å². The van der Waals surface area contributed by atoms with Gasteiger partial charge in [0.15, 0.2) is 11.6 Å². The van der Waals surface area contributed by atoms with Gasteiger partial charge >= 0.3 is 0 Å². The van der Waals surface area contributed by atoms with Crippen LogP contribution in [0.25, 0.3) is 45.3 Å². The van der Waals surface area contributed by atoms with Gasteiger partial charge in [-0.3, -0.25) is 0 Å². The van der Waals surface area contributed by atoms with Crippen LogP contribution in [0.4, 0.5) is 0 Å². The van der Waals surface area contributed by atoms with Gasteiger partial charge in [0.1, 0.15) is 0 Å². The average Bonchev–Trinajstić information content (AvgIpc) is 2.83. The van der Waals surface area contributed by atoms with Crippen LogP contribution in [0.15, 0.2) is 84.9 Å². The molecule has 5 aromatic rings. The smallest absolute Gasteiger partial charge is 0.160 e. The highest BCUT2D eigenvalue weighted by Crippen LogP contribution is 2.29. The molecule has 0 aliphatic carbocycles. The summed E-state index contributed by atoms with van der Waals surface area (Å²) in [7, 11) is 0. The third kappa shape index (κ3) is 4.62. The van der Waals surface area contributed by atoms with Crippen molar-refractivity contribution in [3.63, 3.8) is 0 Å². The molecule has 0 atom stereocenters. The third-order valence-corrected chi connectivity index (χ3v) is 5.74. The maximum absolute atomic E-state index is 4.95. The Hall–Kier alpha value is -4.18. The second kappa shape index (κ2) is 8.99. The van der Waals surface area contributed by atoms with E-state index in [4.69, 9.17) is 9.97 Å². The summed E-state index contributed by atoms with van der Waals surface area (Å²) in [5.41, 5.74) is 10.2. The molecule has 0 fully saturated rings. The number of benzene rings is 3.